The number of piperazine rings is 1. The van der Waals surface area contributed by atoms with Crippen LogP contribution >= 0.6 is 0 Å². The molecule has 0 unspecified atom stereocenters. The van der Waals surface area contributed by atoms with Gasteiger partial charge in [0, 0.05) is 39.0 Å². The predicted octanol–water partition coefficient (Wildman–Crippen LogP) is 5.61. The molecule has 66 heavy (non-hydrogen) atoms. The molecule has 16 nitrogen and oxygen atoms in total. The molecule has 5 aliphatic rings. The maximum absolute atomic E-state index is 13.8. The molecule has 3 aliphatic heterocycles. The van der Waals surface area contributed by atoms with Crippen molar-refractivity contribution in [1.29, 1.82) is 0 Å². The molecule has 0 radical (unpaired) electrons. The summed E-state index contributed by atoms with van der Waals surface area (Å²) < 4.78 is 23.7. The zero-order chi connectivity index (χ0) is 47.2. The topological polar surface area (TPSA) is 176 Å². The Morgan fingerprint density at radius 3 is 1.33 bits per heavy atom. The lowest BCUT2D eigenvalue weighted by molar-refractivity contribution is -0.141. The number of rotatable bonds is 12. The largest absolute Gasteiger partial charge is 0.444 e. The van der Waals surface area contributed by atoms with E-state index in [9.17, 15) is 28.8 Å². The van der Waals surface area contributed by atoms with Gasteiger partial charge in [0.05, 0.1) is 63.4 Å². The number of nitrogens with one attached hydrogen (secondary N) is 2. The average molecular weight is 915 g/mol. The minimum absolute atomic E-state index is 0.0975. The number of hydrogen-bond acceptors (Lipinski definition) is 10. The number of hydrogen-bond donors (Lipinski definition) is 2. The van der Waals surface area contributed by atoms with Gasteiger partial charge in [0.2, 0.25) is 23.6 Å². The summed E-state index contributed by atoms with van der Waals surface area (Å²) in [5.74, 6) is -0.691. The van der Waals surface area contributed by atoms with Crippen LogP contribution in [-0.2, 0) is 51.0 Å². The van der Waals surface area contributed by atoms with Crippen LogP contribution in [0.1, 0.15) is 127 Å². The summed E-state index contributed by atoms with van der Waals surface area (Å²) in [4.78, 5) is 87.1. The summed E-state index contributed by atoms with van der Waals surface area (Å²) >= 11 is 0. The number of nitrogens with zero attached hydrogens (tertiary/aromatic N) is 4. The fourth-order valence-corrected chi connectivity index (χ4v) is 9.87. The molecule has 6 amide bonds. The highest BCUT2D eigenvalue weighted by Crippen LogP contribution is 2.33. The molecule has 0 bridgehead atoms. The van der Waals surface area contributed by atoms with Crippen molar-refractivity contribution in [3.8, 4) is 0 Å². The van der Waals surface area contributed by atoms with E-state index in [2.05, 4.69) is 22.8 Å². The highest BCUT2D eigenvalue weighted by atomic mass is 16.6. The monoisotopic (exact) mass is 915 g/mol. The van der Waals surface area contributed by atoms with E-state index in [4.69, 9.17) is 18.9 Å². The Labute approximate surface area is 389 Å². The number of ether oxygens (including phenoxy) is 4. The number of likely N-dealkylation sites (tertiary alicyclic amines) is 2. The summed E-state index contributed by atoms with van der Waals surface area (Å²) in [6.07, 6.45) is 4.24. The zero-order valence-electron chi connectivity index (χ0n) is 39.7. The number of fused-ring (bicyclic) bond motifs is 2. The molecule has 2 aromatic rings. The van der Waals surface area contributed by atoms with Gasteiger partial charge in [-0.2, -0.15) is 0 Å². The molecule has 3 saturated heterocycles. The van der Waals surface area contributed by atoms with Gasteiger partial charge < -0.3 is 39.4 Å². The molecule has 360 valence electrons. The van der Waals surface area contributed by atoms with E-state index < -0.39 is 47.7 Å². The Hall–Kier alpha value is -5.22. The van der Waals surface area contributed by atoms with Gasteiger partial charge in [0.1, 0.15) is 23.3 Å². The van der Waals surface area contributed by atoms with Crippen molar-refractivity contribution in [2.24, 2.45) is 0 Å². The quantitative estimate of drug-likeness (QED) is 0.272. The van der Waals surface area contributed by atoms with E-state index in [1.54, 1.807) is 51.3 Å². The van der Waals surface area contributed by atoms with E-state index in [0.717, 1.165) is 49.7 Å². The fraction of sp³-hybridized carbons (Fsp3) is 0.640. The molecule has 0 aromatic heterocycles. The number of carbonyl (C=O) groups excluding carboxylic acids is 6. The fourth-order valence-electron chi connectivity index (χ4n) is 9.87. The molecular weight excluding hydrogens is 845 g/mol. The molecule has 3 heterocycles. The van der Waals surface area contributed by atoms with Gasteiger partial charge in [-0.3, -0.25) is 29.0 Å². The van der Waals surface area contributed by atoms with Crippen LogP contribution in [0.4, 0.5) is 9.59 Å². The van der Waals surface area contributed by atoms with Gasteiger partial charge in [-0.1, -0.05) is 48.5 Å². The second kappa shape index (κ2) is 21.2. The van der Waals surface area contributed by atoms with Crippen LogP contribution in [-0.4, -0.2) is 143 Å². The standard InChI is InChI=1S/C50H70N6O10/c1-49(2,3)65-47(61)55-31-35(29-41(55)45(59)51-39-19-11-15-33-13-7-9-17-37(33)39)63-27-21-43(57)53-23-25-54(26-24-53)44(58)22-28-64-36-30-42(56(32-36)48(62)66-50(4,5)6)46(60)52-40-20-12-16-34-14-8-10-18-38(34)40/h7-10,13-14,17-18,35-36,39-42H,11-12,15-16,19-32H2,1-6H3,(H,51,59)(H,52,60)/t35-,36-,39+,40+,41-,42-/m0/s1. The molecule has 0 saturated carbocycles. The van der Waals surface area contributed by atoms with Gasteiger partial charge >= 0.3 is 12.2 Å². The Bertz CT molecular complexity index is 1930. The van der Waals surface area contributed by atoms with Crippen molar-refractivity contribution in [3.63, 3.8) is 0 Å². The molecule has 2 aromatic carbocycles. The van der Waals surface area contributed by atoms with Crippen LogP contribution in [0.5, 0.6) is 0 Å². The summed E-state index contributed by atoms with van der Waals surface area (Å²) in [6.45, 7) is 12.8. The molecule has 6 atom stereocenters. The smallest absolute Gasteiger partial charge is 0.411 e. The van der Waals surface area contributed by atoms with Crippen LogP contribution in [0.15, 0.2) is 48.5 Å². The lowest BCUT2D eigenvalue weighted by Gasteiger charge is -2.35. The molecule has 7 rings (SSSR count). The second-order valence-corrected chi connectivity index (χ2v) is 20.3. The van der Waals surface area contributed by atoms with Crippen LogP contribution in [0, 0.1) is 0 Å². The van der Waals surface area contributed by atoms with E-state index in [0.29, 0.717) is 26.2 Å². The average Bonchev–Trinajstić information content (AvgIpc) is 3.91. The van der Waals surface area contributed by atoms with Crippen molar-refractivity contribution in [2.45, 2.75) is 153 Å². The van der Waals surface area contributed by atoms with E-state index in [1.807, 2.05) is 36.4 Å². The number of benzene rings is 2. The lowest BCUT2D eigenvalue weighted by Crippen LogP contribution is -2.51. The minimum Gasteiger partial charge on any atom is -0.444 e. The highest BCUT2D eigenvalue weighted by Gasteiger charge is 2.44. The van der Waals surface area contributed by atoms with Gasteiger partial charge in [0.25, 0.3) is 0 Å². The van der Waals surface area contributed by atoms with Crippen molar-refractivity contribution in [2.75, 3.05) is 52.5 Å². The summed E-state index contributed by atoms with van der Waals surface area (Å²) in [5.41, 5.74) is 3.17. The summed E-state index contributed by atoms with van der Waals surface area (Å²) in [7, 11) is 0. The lowest BCUT2D eigenvalue weighted by atomic mass is 9.87. The maximum atomic E-state index is 13.8. The molecule has 2 N–H and O–H groups in total. The first-order valence-electron chi connectivity index (χ1n) is 24.0. The van der Waals surface area contributed by atoms with Gasteiger partial charge in [-0.25, -0.2) is 9.59 Å². The Kier molecular flexibility index (Phi) is 15.6. The summed E-state index contributed by atoms with van der Waals surface area (Å²) in [6, 6.07) is 14.4. The number of carbonyl (C=O) groups is 6. The summed E-state index contributed by atoms with van der Waals surface area (Å²) in [5, 5.41) is 6.40. The Balaban J connectivity index is 0.842. The first-order chi connectivity index (χ1) is 31.4. The predicted molar refractivity (Wildman–Crippen MR) is 245 cm³/mol. The van der Waals surface area contributed by atoms with Gasteiger partial charge in [-0.15, -0.1) is 0 Å². The molecule has 0 spiro atoms. The third kappa shape index (κ3) is 12.6. The van der Waals surface area contributed by atoms with E-state index in [-0.39, 0.29) is 87.7 Å². The van der Waals surface area contributed by atoms with Crippen molar-refractivity contribution in [1.82, 2.24) is 30.2 Å². The molecule has 16 heteroatoms. The molecule has 3 fully saturated rings. The van der Waals surface area contributed by atoms with E-state index >= 15 is 0 Å². The second-order valence-electron chi connectivity index (χ2n) is 20.3. The number of aryl methyl sites for hydroxylation is 2. The SMILES string of the molecule is CC(C)(C)OC(=O)N1C[C@@H](OCCC(=O)N2CCN(C(=O)CCO[C@H]3C[C@@H](C(=O)N[C@@H]4CCCc5ccccc54)N(C(=O)OC(C)(C)C)C3)CC2)C[C@H]1C(=O)N[C@@H]1CCCc2ccccc21. The van der Waals surface area contributed by atoms with Crippen molar-refractivity contribution >= 4 is 35.8 Å². The van der Waals surface area contributed by atoms with Gasteiger partial charge in [0.15, 0.2) is 0 Å². The Morgan fingerprint density at radius 1 is 0.576 bits per heavy atom. The first-order valence-corrected chi connectivity index (χ1v) is 24.0. The van der Waals surface area contributed by atoms with Crippen molar-refractivity contribution < 1.29 is 47.7 Å². The van der Waals surface area contributed by atoms with Crippen molar-refractivity contribution in [3.05, 3.63) is 70.8 Å². The van der Waals surface area contributed by atoms with Crippen LogP contribution in [0.2, 0.25) is 0 Å². The normalized spacial score (nSPS) is 24.3. The first kappa shape index (κ1) is 48.7. The minimum atomic E-state index is -0.774. The highest BCUT2D eigenvalue weighted by molar-refractivity contribution is 5.88. The van der Waals surface area contributed by atoms with Crippen LogP contribution in [0.3, 0.4) is 0 Å². The third-order valence-corrected chi connectivity index (χ3v) is 13.1. The number of amides is 6. The van der Waals surface area contributed by atoms with Crippen LogP contribution < -0.4 is 10.6 Å². The van der Waals surface area contributed by atoms with E-state index in [1.165, 1.54) is 20.9 Å². The Morgan fingerprint density at radius 2 is 0.955 bits per heavy atom. The molecule has 2 aliphatic carbocycles. The van der Waals surface area contributed by atoms with Crippen LogP contribution in [0.25, 0.3) is 0 Å². The third-order valence-electron chi connectivity index (χ3n) is 13.1. The molecular formula is C50H70N6O10. The zero-order valence-corrected chi connectivity index (χ0v) is 39.7. The van der Waals surface area contributed by atoms with Gasteiger partial charge in [-0.05, 0) is 102 Å². The maximum Gasteiger partial charge on any atom is 0.411 e.